The van der Waals surface area contributed by atoms with Crippen LogP contribution in [0.4, 0.5) is 0 Å². The molecule has 1 amide bonds. The lowest BCUT2D eigenvalue weighted by molar-refractivity contribution is -0.118. The summed E-state index contributed by atoms with van der Waals surface area (Å²) in [5.74, 6) is 1.54. The molecule has 0 aromatic heterocycles. The molecule has 0 unspecified atom stereocenters. The quantitative estimate of drug-likeness (QED) is 0.842. The molecule has 3 heteroatoms. The van der Waals surface area contributed by atoms with Crippen molar-refractivity contribution in [2.75, 3.05) is 12.8 Å². The molecule has 0 fully saturated rings. The highest BCUT2D eigenvalue weighted by atomic mass is 32.2. The molecular formula is C14H21NOS. The molecule has 0 bridgehead atoms. The fourth-order valence-electron chi connectivity index (χ4n) is 1.66. The summed E-state index contributed by atoms with van der Waals surface area (Å²) in [6, 6.07) is 6.76. The Balaban J connectivity index is 2.60. The molecule has 0 aliphatic heterocycles. The maximum Gasteiger partial charge on any atom is 0.229 e. The minimum Gasteiger partial charge on any atom is -0.358 e. The Labute approximate surface area is 108 Å². The summed E-state index contributed by atoms with van der Waals surface area (Å²) in [5.41, 5.74) is 4.11. The number of hydrogen-bond acceptors (Lipinski definition) is 2. The smallest absolute Gasteiger partial charge is 0.229 e. The number of carbonyl (C=O) groups excluding carboxylic acids is 1. The van der Waals surface area contributed by atoms with Crippen LogP contribution in [0.1, 0.15) is 30.5 Å². The molecule has 0 atom stereocenters. The van der Waals surface area contributed by atoms with Crippen molar-refractivity contribution < 1.29 is 4.79 Å². The lowest BCUT2D eigenvalue weighted by Gasteiger charge is -2.07. The Kier molecular flexibility index (Phi) is 6.12. The SMILES string of the molecule is CCc1cc(CC)cc(CSCC(=O)NC)c1. The van der Waals surface area contributed by atoms with Gasteiger partial charge in [-0.1, -0.05) is 32.0 Å². The van der Waals surface area contributed by atoms with E-state index in [-0.39, 0.29) is 5.91 Å². The van der Waals surface area contributed by atoms with Gasteiger partial charge in [0.1, 0.15) is 0 Å². The molecule has 1 rings (SSSR count). The number of carbonyl (C=O) groups is 1. The first kappa shape index (κ1) is 14.1. The number of aryl methyl sites for hydroxylation is 2. The van der Waals surface area contributed by atoms with Crippen LogP contribution in [-0.4, -0.2) is 18.7 Å². The van der Waals surface area contributed by atoms with E-state index < -0.39 is 0 Å². The van der Waals surface area contributed by atoms with Crippen molar-refractivity contribution in [3.05, 3.63) is 34.9 Å². The molecule has 1 N–H and O–H groups in total. The maximum absolute atomic E-state index is 11.1. The van der Waals surface area contributed by atoms with Gasteiger partial charge in [-0.05, 0) is 29.5 Å². The highest BCUT2D eigenvalue weighted by molar-refractivity contribution is 7.99. The topological polar surface area (TPSA) is 29.1 Å². The van der Waals surface area contributed by atoms with E-state index >= 15 is 0 Å². The molecular weight excluding hydrogens is 230 g/mol. The number of amides is 1. The summed E-state index contributed by atoms with van der Waals surface area (Å²) in [5, 5.41) is 2.64. The van der Waals surface area contributed by atoms with Crippen LogP contribution in [0.2, 0.25) is 0 Å². The van der Waals surface area contributed by atoms with Gasteiger partial charge in [0.25, 0.3) is 0 Å². The number of hydrogen-bond donors (Lipinski definition) is 1. The second-order valence-electron chi connectivity index (χ2n) is 4.03. The average molecular weight is 251 g/mol. The molecule has 0 aliphatic carbocycles. The zero-order valence-corrected chi connectivity index (χ0v) is 11.7. The van der Waals surface area contributed by atoms with Crippen LogP contribution in [0.25, 0.3) is 0 Å². The minimum atomic E-state index is 0.0948. The van der Waals surface area contributed by atoms with E-state index in [1.165, 1.54) is 16.7 Å². The first-order valence-corrected chi connectivity index (χ1v) is 7.25. The number of nitrogens with one attached hydrogen (secondary N) is 1. The summed E-state index contributed by atoms with van der Waals surface area (Å²) in [6.45, 7) is 4.35. The van der Waals surface area contributed by atoms with Gasteiger partial charge in [-0.15, -0.1) is 11.8 Å². The van der Waals surface area contributed by atoms with E-state index in [0.717, 1.165) is 18.6 Å². The second-order valence-corrected chi connectivity index (χ2v) is 5.02. The van der Waals surface area contributed by atoms with Gasteiger partial charge in [0.15, 0.2) is 0 Å². The molecule has 1 aromatic carbocycles. The van der Waals surface area contributed by atoms with Crippen LogP contribution in [0.5, 0.6) is 0 Å². The van der Waals surface area contributed by atoms with Gasteiger partial charge in [-0.3, -0.25) is 4.79 Å². The third-order valence-electron chi connectivity index (χ3n) is 2.71. The molecule has 17 heavy (non-hydrogen) atoms. The summed E-state index contributed by atoms with van der Waals surface area (Å²) >= 11 is 1.67. The Morgan fingerprint density at radius 1 is 1.12 bits per heavy atom. The van der Waals surface area contributed by atoms with E-state index in [0.29, 0.717) is 5.75 Å². The molecule has 0 spiro atoms. The maximum atomic E-state index is 11.1. The average Bonchev–Trinajstić information content (AvgIpc) is 2.37. The van der Waals surface area contributed by atoms with Crippen molar-refractivity contribution in [3.8, 4) is 0 Å². The zero-order valence-electron chi connectivity index (χ0n) is 10.9. The predicted octanol–water partition coefficient (Wildman–Crippen LogP) is 2.79. The highest BCUT2D eigenvalue weighted by Crippen LogP contribution is 2.17. The lowest BCUT2D eigenvalue weighted by Crippen LogP contribution is -2.19. The fourth-order valence-corrected chi connectivity index (χ4v) is 2.50. The number of benzene rings is 1. The van der Waals surface area contributed by atoms with E-state index in [1.807, 2.05) is 0 Å². The molecule has 0 saturated heterocycles. The van der Waals surface area contributed by atoms with Crippen molar-refractivity contribution >= 4 is 17.7 Å². The molecule has 0 saturated carbocycles. The summed E-state index contributed by atoms with van der Waals surface area (Å²) in [4.78, 5) is 11.1. The van der Waals surface area contributed by atoms with Gasteiger partial charge in [0.2, 0.25) is 5.91 Å². The van der Waals surface area contributed by atoms with Crippen molar-refractivity contribution in [2.24, 2.45) is 0 Å². The standard InChI is InChI=1S/C14H21NOS/c1-4-11-6-12(5-2)8-13(7-11)9-17-10-14(16)15-3/h6-8H,4-5,9-10H2,1-3H3,(H,15,16). The lowest BCUT2D eigenvalue weighted by atomic mass is 10.0. The summed E-state index contributed by atoms with van der Waals surface area (Å²) < 4.78 is 0. The van der Waals surface area contributed by atoms with Crippen LogP contribution in [0, 0.1) is 0 Å². The minimum absolute atomic E-state index is 0.0948. The second kappa shape index (κ2) is 7.38. The van der Waals surface area contributed by atoms with E-state index in [9.17, 15) is 4.79 Å². The molecule has 94 valence electrons. The zero-order chi connectivity index (χ0) is 12.7. The summed E-state index contributed by atoms with van der Waals surface area (Å²) in [7, 11) is 1.68. The molecule has 0 aliphatic rings. The molecule has 0 radical (unpaired) electrons. The van der Waals surface area contributed by atoms with Crippen LogP contribution in [0.15, 0.2) is 18.2 Å². The first-order chi connectivity index (χ1) is 8.19. The van der Waals surface area contributed by atoms with Gasteiger partial charge in [0, 0.05) is 12.8 Å². The number of thioether (sulfide) groups is 1. The van der Waals surface area contributed by atoms with Gasteiger partial charge >= 0.3 is 0 Å². The molecule has 0 heterocycles. The highest BCUT2D eigenvalue weighted by Gasteiger charge is 2.02. The molecule has 2 nitrogen and oxygen atoms in total. The van der Waals surface area contributed by atoms with Gasteiger partial charge in [-0.2, -0.15) is 0 Å². The first-order valence-electron chi connectivity index (χ1n) is 6.09. The van der Waals surface area contributed by atoms with Gasteiger partial charge in [-0.25, -0.2) is 0 Å². The van der Waals surface area contributed by atoms with Crippen molar-refractivity contribution in [3.63, 3.8) is 0 Å². The third kappa shape index (κ3) is 4.82. The van der Waals surface area contributed by atoms with Crippen LogP contribution in [0.3, 0.4) is 0 Å². The van der Waals surface area contributed by atoms with Crippen LogP contribution >= 0.6 is 11.8 Å². The predicted molar refractivity (Wildman–Crippen MR) is 75.4 cm³/mol. The van der Waals surface area contributed by atoms with Crippen LogP contribution in [-0.2, 0) is 23.4 Å². The van der Waals surface area contributed by atoms with E-state index in [1.54, 1.807) is 18.8 Å². The third-order valence-corrected chi connectivity index (χ3v) is 3.71. The van der Waals surface area contributed by atoms with E-state index in [2.05, 4.69) is 37.4 Å². The Hall–Kier alpha value is -0.960. The normalized spacial score (nSPS) is 10.3. The van der Waals surface area contributed by atoms with Crippen molar-refractivity contribution in [1.82, 2.24) is 5.32 Å². The van der Waals surface area contributed by atoms with Gasteiger partial charge in [0.05, 0.1) is 5.75 Å². The van der Waals surface area contributed by atoms with Crippen LogP contribution < -0.4 is 5.32 Å². The monoisotopic (exact) mass is 251 g/mol. The van der Waals surface area contributed by atoms with Gasteiger partial charge < -0.3 is 5.32 Å². The Morgan fingerprint density at radius 3 is 2.12 bits per heavy atom. The van der Waals surface area contributed by atoms with Crippen molar-refractivity contribution in [1.29, 1.82) is 0 Å². The Bertz CT molecular complexity index is 354. The summed E-state index contributed by atoms with van der Waals surface area (Å²) in [6.07, 6.45) is 2.14. The Morgan fingerprint density at radius 2 is 1.65 bits per heavy atom. The fraction of sp³-hybridized carbons (Fsp3) is 0.500. The number of rotatable bonds is 6. The van der Waals surface area contributed by atoms with E-state index in [4.69, 9.17) is 0 Å². The molecule has 1 aromatic rings. The van der Waals surface area contributed by atoms with Crippen molar-refractivity contribution in [2.45, 2.75) is 32.4 Å². The largest absolute Gasteiger partial charge is 0.358 e.